The highest BCUT2D eigenvalue weighted by atomic mass is 16.5. The molecule has 4 aliphatic rings. The molecule has 5 rings (SSSR count). The number of fused-ring (bicyclic) bond motifs is 5. The van der Waals surface area contributed by atoms with Gasteiger partial charge in [-0.25, -0.2) is 0 Å². The third-order valence-corrected chi connectivity index (χ3v) is 10.6. The smallest absolute Gasteiger partial charge is 0.104 e. The average Bonchev–Trinajstić information content (AvgIpc) is 3.36. The van der Waals surface area contributed by atoms with Crippen molar-refractivity contribution in [3.05, 3.63) is 24.2 Å². The summed E-state index contributed by atoms with van der Waals surface area (Å²) in [4.78, 5) is 0. The van der Waals surface area contributed by atoms with Crippen molar-refractivity contribution in [2.75, 3.05) is 13.2 Å². The van der Waals surface area contributed by atoms with Crippen molar-refractivity contribution in [2.24, 2.45) is 34.3 Å². The summed E-state index contributed by atoms with van der Waals surface area (Å²) >= 11 is 0. The first-order valence-electron chi connectivity index (χ1n) is 12.6. The van der Waals surface area contributed by atoms with Crippen molar-refractivity contribution in [2.45, 2.75) is 95.4 Å². The van der Waals surface area contributed by atoms with Gasteiger partial charge < -0.3 is 25.1 Å². The van der Waals surface area contributed by atoms with Crippen LogP contribution in [-0.4, -0.2) is 35.1 Å². The van der Waals surface area contributed by atoms with Gasteiger partial charge in [0, 0.05) is 17.6 Å². The van der Waals surface area contributed by atoms with Crippen LogP contribution in [0.3, 0.4) is 0 Å². The lowest BCUT2D eigenvalue weighted by molar-refractivity contribution is -0.248. The lowest BCUT2D eigenvalue weighted by atomic mass is 9.43. The molecule has 1 aromatic heterocycles. The Bertz CT molecular complexity index is 782. The molecule has 1 heterocycles. The lowest BCUT2D eigenvalue weighted by Gasteiger charge is -2.64. The Balaban J connectivity index is 1.51. The molecule has 0 spiro atoms. The summed E-state index contributed by atoms with van der Waals surface area (Å²) in [5.74, 6) is 1.42. The third-order valence-electron chi connectivity index (χ3n) is 10.6. The molecule has 8 atom stereocenters. The van der Waals surface area contributed by atoms with Crippen LogP contribution in [0.15, 0.2) is 23.0 Å². The van der Waals surface area contributed by atoms with Gasteiger partial charge in [0.1, 0.15) is 5.60 Å². The summed E-state index contributed by atoms with van der Waals surface area (Å²) in [6.45, 7) is 5.96. The summed E-state index contributed by atoms with van der Waals surface area (Å²) in [5.41, 5.74) is 5.48. The Hall–Kier alpha value is -0.880. The molecular weight excluding hydrogens is 390 g/mol. The van der Waals surface area contributed by atoms with Crippen molar-refractivity contribution >= 4 is 0 Å². The van der Waals surface area contributed by atoms with E-state index in [-0.39, 0.29) is 16.9 Å². The van der Waals surface area contributed by atoms with Crippen LogP contribution in [0.4, 0.5) is 0 Å². The Morgan fingerprint density at radius 1 is 1.10 bits per heavy atom. The molecule has 0 amide bonds. The van der Waals surface area contributed by atoms with Crippen LogP contribution in [0.1, 0.15) is 83.6 Å². The summed E-state index contributed by atoms with van der Waals surface area (Å²) in [6, 6.07) is 2.03. The highest BCUT2D eigenvalue weighted by molar-refractivity contribution is 5.31. The predicted octanol–water partition coefficient (Wildman–Crippen LogP) is 4.36. The van der Waals surface area contributed by atoms with Gasteiger partial charge in [-0.2, -0.15) is 0 Å². The van der Waals surface area contributed by atoms with E-state index in [1.165, 1.54) is 0 Å². The normalized spacial score (nSPS) is 49.3. The summed E-state index contributed by atoms with van der Waals surface area (Å²) in [5, 5.41) is 22.8. The Morgan fingerprint density at radius 2 is 1.94 bits per heavy atom. The van der Waals surface area contributed by atoms with Gasteiger partial charge in [-0.05, 0) is 100.0 Å². The van der Waals surface area contributed by atoms with E-state index in [4.69, 9.17) is 14.9 Å². The zero-order valence-electron chi connectivity index (χ0n) is 19.3. The summed E-state index contributed by atoms with van der Waals surface area (Å²) < 4.78 is 12.2. The Labute approximate surface area is 186 Å². The number of hydrogen-bond donors (Lipinski definition) is 3. The molecule has 31 heavy (non-hydrogen) atoms. The van der Waals surface area contributed by atoms with Gasteiger partial charge >= 0.3 is 0 Å². The van der Waals surface area contributed by atoms with Crippen molar-refractivity contribution < 1.29 is 19.4 Å². The third kappa shape index (κ3) is 2.89. The number of hydrogen-bond acceptors (Lipinski definition) is 5. The van der Waals surface area contributed by atoms with Crippen LogP contribution in [0.25, 0.3) is 0 Å². The van der Waals surface area contributed by atoms with E-state index in [1.54, 1.807) is 6.26 Å². The second kappa shape index (κ2) is 7.58. The monoisotopic (exact) mass is 431 g/mol. The van der Waals surface area contributed by atoms with Gasteiger partial charge in [-0.1, -0.05) is 13.8 Å². The van der Waals surface area contributed by atoms with Gasteiger partial charge in [0.15, 0.2) is 0 Å². The van der Waals surface area contributed by atoms with Crippen molar-refractivity contribution in [1.82, 2.24) is 0 Å². The van der Waals surface area contributed by atoms with Gasteiger partial charge in [0.05, 0.1) is 24.2 Å². The predicted molar refractivity (Wildman–Crippen MR) is 119 cm³/mol. The number of ether oxygens (including phenoxy) is 1. The molecule has 0 aromatic carbocycles. The first-order valence-corrected chi connectivity index (χ1v) is 12.6. The van der Waals surface area contributed by atoms with E-state index in [0.29, 0.717) is 30.9 Å². The zero-order valence-corrected chi connectivity index (χ0v) is 19.3. The highest BCUT2D eigenvalue weighted by Crippen LogP contribution is 2.72. The SMILES string of the molecule is C[C@]12CCC(O)CC1CC[C@@H]1[C@H]2CC[C@]2(C)C(OCCCN)(c3ccoc3)CC[C@@]12O. The van der Waals surface area contributed by atoms with Crippen LogP contribution < -0.4 is 5.73 Å². The molecule has 4 saturated carbocycles. The van der Waals surface area contributed by atoms with E-state index < -0.39 is 11.2 Å². The van der Waals surface area contributed by atoms with E-state index >= 15 is 0 Å². The fraction of sp³-hybridized carbons (Fsp3) is 0.846. The standard InChI is InChI=1S/C26H41NO4/c1-23-9-6-20(28)16-18(23)4-5-22-21(23)7-10-24(2)25(22,29)11-12-26(24,31-14-3-13-27)19-8-15-30-17-19/h8,15,17-18,20-22,28-29H,3-7,9-14,16,27H2,1-2H3/t18?,20?,21-,22-,23+,24+,25-,26?/m1/s1. The van der Waals surface area contributed by atoms with Crippen molar-refractivity contribution in [3.8, 4) is 0 Å². The fourth-order valence-electron chi connectivity index (χ4n) is 8.80. The maximum Gasteiger partial charge on any atom is 0.104 e. The molecule has 5 nitrogen and oxygen atoms in total. The minimum absolute atomic E-state index is 0.136. The first kappa shape index (κ1) is 21.9. The topological polar surface area (TPSA) is 88.9 Å². The van der Waals surface area contributed by atoms with E-state index in [2.05, 4.69) is 13.8 Å². The molecule has 0 bridgehead atoms. The van der Waals surface area contributed by atoms with Crippen LogP contribution in [-0.2, 0) is 10.3 Å². The van der Waals surface area contributed by atoms with Crippen LogP contribution in [0.2, 0.25) is 0 Å². The number of furan rings is 1. The summed E-state index contributed by atoms with van der Waals surface area (Å²) in [7, 11) is 0. The largest absolute Gasteiger partial charge is 0.472 e. The molecule has 4 N–H and O–H groups in total. The van der Waals surface area contributed by atoms with Gasteiger partial charge in [-0.3, -0.25) is 0 Å². The number of aliphatic hydroxyl groups is 2. The zero-order chi connectivity index (χ0) is 21.9. The van der Waals surface area contributed by atoms with E-state index in [9.17, 15) is 10.2 Å². The molecule has 0 radical (unpaired) electrons. The molecular formula is C26H41NO4. The quantitative estimate of drug-likeness (QED) is 0.603. The minimum atomic E-state index is -0.736. The fourth-order valence-corrected chi connectivity index (χ4v) is 8.80. The van der Waals surface area contributed by atoms with Crippen LogP contribution in [0, 0.1) is 28.6 Å². The minimum Gasteiger partial charge on any atom is -0.472 e. The first-order chi connectivity index (χ1) is 14.8. The number of nitrogens with two attached hydrogens (primary N) is 1. The maximum atomic E-state index is 12.5. The number of rotatable bonds is 5. The highest BCUT2D eigenvalue weighted by Gasteiger charge is 2.73. The molecule has 4 aliphatic carbocycles. The van der Waals surface area contributed by atoms with Gasteiger partial charge in [0.25, 0.3) is 0 Å². The Morgan fingerprint density at radius 3 is 2.68 bits per heavy atom. The molecule has 174 valence electrons. The molecule has 1 aromatic rings. The molecule has 3 unspecified atom stereocenters. The summed E-state index contributed by atoms with van der Waals surface area (Å²) in [6.07, 6.45) is 13.1. The second-order valence-corrected chi connectivity index (χ2v) is 11.5. The molecule has 0 aliphatic heterocycles. The molecule has 5 heteroatoms. The molecule has 0 saturated heterocycles. The van der Waals surface area contributed by atoms with Crippen LogP contribution >= 0.6 is 0 Å². The van der Waals surface area contributed by atoms with Gasteiger partial charge in [0.2, 0.25) is 0 Å². The lowest BCUT2D eigenvalue weighted by Crippen LogP contribution is -2.65. The van der Waals surface area contributed by atoms with Gasteiger partial charge in [-0.15, -0.1) is 0 Å². The van der Waals surface area contributed by atoms with Crippen LogP contribution in [0.5, 0.6) is 0 Å². The van der Waals surface area contributed by atoms with E-state index in [1.807, 2.05) is 12.3 Å². The number of aliphatic hydroxyl groups excluding tert-OH is 1. The Kier molecular flexibility index (Phi) is 5.36. The van der Waals surface area contributed by atoms with Crippen molar-refractivity contribution in [1.29, 1.82) is 0 Å². The van der Waals surface area contributed by atoms with Crippen molar-refractivity contribution in [3.63, 3.8) is 0 Å². The average molecular weight is 432 g/mol. The van der Waals surface area contributed by atoms with E-state index in [0.717, 1.165) is 69.8 Å². The second-order valence-electron chi connectivity index (χ2n) is 11.5. The maximum absolute atomic E-state index is 12.5. The molecule has 4 fully saturated rings.